The Hall–Kier alpha value is -2.25. The number of halogens is 1. The normalized spacial score (nSPS) is 11.7. The molecule has 0 bridgehead atoms. The summed E-state index contributed by atoms with van der Waals surface area (Å²) in [5.41, 5.74) is 1.21. The molecule has 3 aromatic rings. The molecule has 0 aliphatic carbocycles. The van der Waals surface area contributed by atoms with Crippen molar-refractivity contribution in [1.82, 2.24) is 4.57 Å². The number of aryl methyl sites for hydroxylation is 1. The van der Waals surface area contributed by atoms with Gasteiger partial charge in [0.15, 0.2) is 5.58 Å². The summed E-state index contributed by atoms with van der Waals surface area (Å²) in [6.07, 6.45) is 0. The number of fused-ring (bicyclic) bond motifs is 1. The van der Waals surface area contributed by atoms with E-state index < -0.39 is 15.8 Å². The molecule has 1 N–H and O–H groups in total. The van der Waals surface area contributed by atoms with E-state index in [1.165, 1.54) is 22.8 Å². The summed E-state index contributed by atoms with van der Waals surface area (Å²) in [5, 5.41) is 0.129. The number of sulfonamides is 1. The highest BCUT2D eigenvalue weighted by Gasteiger charge is 2.18. The van der Waals surface area contributed by atoms with Gasteiger partial charge in [-0.15, -0.1) is 0 Å². The van der Waals surface area contributed by atoms with E-state index in [0.29, 0.717) is 17.6 Å². The van der Waals surface area contributed by atoms with Crippen LogP contribution in [0.5, 0.6) is 0 Å². The summed E-state index contributed by atoms with van der Waals surface area (Å²) in [5.74, 6) is -0.478. The third-order valence-electron chi connectivity index (χ3n) is 3.36. The van der Waals surface area contributed by atoms with Gasteiger partial charge < -0.3 is 4.42 Å². The highest BCUT2D eigenvalue weighted by molar-refractivity contribution is 7.92. The van der Waals surface area contributed by atoms with Crippen molar-refractivity contribution in [2.24, 2.45) is 0 Å². The van der Waals surface area contributed by atoms with E-state index in [1.54, 1.807) is 24.3 Å². The van der Waals surface area contributed by atoms with Crippen molar-refractivity contribution in [1.29, 1.82) is 0 Å². The van der Waals surface area contributed by atoms with Crippen molar-refractivity contribution >= 4 is 38.4 Å². The molecule has 1 aromatic heterocycles. The molecule has 8 heteroatoms. The van der Waals surface area contributed by atoms with Crippen molar-refractivity contribution in [3.05, 3.63) is 58.0 Å². The lowest BCUT2D eigenvalue weighted by molar-refractivity contribution is 0.513. The summed E-state index contributed by atoms with van der Waals surface area (Å²) in [7, 11) is -3.83. The summed E-state index contributed by atoms with van der Waals surface area (Å²) in [4.78, 5) is 11.7. The standard InChI is InChI=1S/C15H13ClN2O4S/c1-2-18-12-8-7-10(9-13(12)22-15(18)19)17-23(20,21)14-6-4-3-5-11(14)16/h3-9,17H,2H2,1H3. The topological polar surface area (TPSA) is 81.3 Å². The Morgan fingerprint density at radius 3 is 2.65 bits per heavy atom. The Kier molecular flexibility index (Phi) is 3.91. The van der Waals surface area contributed by atoms with Crippen LogP contribution in [0, 0.1) is 0 Å². The van der Waals surface area contributed by atoms with E-state index in [0.717, 1.165) is 0 Å². The Bertz CT molecular complexity index is 1040. The monoisotopic (exact) mass is 352 g/mol. The van der Waals surface area contributed by atoms with Crippen LogP contribution in [0.1, 0.15) is 6.92 Å². The predicted octanol–water partition coefficient (Wildman–Crippen LogP) is 3.07. The van der Waals surface area contributed by atoms with E-state index in [2.05, 4.69) is 4.72 Å². The van der Waals surface area contributed by atoms with Crippen LogP contribution in [0.3, 0.4) is 0 Å². The van der Waals surface area contributed by atoms with Gasteiger partial charge in [-0.25, -0.2) is 13.2 Å². The third-order valence-corrected chi connectivity index (χ3v) is 5.24. The molecule has 0 saturated carbocycles. The molecule has 0 unspecified atom stereocenters. The van der Waals surface area contributed by atoms with Crippen molar-refractivity contribution < 1.29 is 12.8 Å². The quantitative estimate of drug-likeness (QED) is 0.782. The first-order valence-corrected chi connectivity index (χ1v) is 8.69. The molecular weight excluding hydrogens is 340 g/mol. The molecule has 2 aromatic carbocycles. The molecule has 0 spiro atoms. The minimum absolute atomic E-state index is 0.0191. The van der Waals surface area contributed by atoms with Crippen LogP contribution in [0.25, 0.3) is 11.1 Å². The van der Waals surface area contributed by atoms with E-state index >= 15 is 0 Å². The molecule has 0 atom stereocenters. The van der Waals surface area contributed by atoms with Gasteiger partial charge in [-0.2, -0.15) is 0 Å². The van der Waals surface area contributed by atoms with Gasteiger partial charge in [0.2, 0.25) is 0 Å². The first-order valence-electron chi connectivity index (χ1n) is 6.83. The van der Waals surface area contributed by atoms with E-state index in [4.69, 9.17) is 16.0 Å². The molecule has 23 heavy (non-hydrogen) atoms. The molecule has 0 fully saturated rings. The number of nitrogens with zero attached hydrogens (tertiary/aromatic N) is 1. The van der Waals surface area contributed by atoms with Gasteiger partial charge in [0.25, 0.3) is 10.0 Å². The smallest absolute Gasteiger partial charge is 0.408 e. The molecule has 1 heterocycles. The van der Waals surface area contributed by atoms with Crippen LogP contribution >= 0.6 is 11.6 Å². The Labute approximate surface area is 137 Å². The van der Waals surface area contributed by atoms with Crippen LogP contribution in [0.15, 0.2) is 56.6 Å². The zero-order valence-electron chi connectivity index (χ0n) is 12.1. The Balaban J connectivity index is 2.02. The number of benzene rings is 2. The molecule has 6 nitrogen and oxygen atoms in total. The van der Waals surface area contributed by atoms with Gasteiger partial charge in [-0.1, -0.05) is 23.7 Å². The minimum atomic E-state index is -3.83. The maximum atomic E-state index is 12.4. The third kappa shape index (κ3) is 2.85. The Morgan fingerprint density at radius 2 is 1.96 bits per heavy atom. The summed E-state index contributed by atoms with van der Waals surface area (Å²) in [6.45, 7) is 2.29. The lowest BCUT2D eigenvalue weighted by Gasteiger charge is -2.09. The predicted molar refractivity (Wildman–Crippen MR) is 88.4 cm³/mol. The number of hydrogen-bond donors (Lipinski definition) is 1. The van der Waals surface area contributed by atoms with Gasteiger partial charge in [-0.05, 0) is 31.2 Å². The molecule has 0 saturated heterocycles. The average Bonchev–Trinajstić information content (AvgIpc) is 2.81. The SMILES string of the molecule is CCn1c(=O)oc2cc(NS(=O)(=O)c3ccccc3Cl)ccc21. The Morgan fingerprint density at radius 1 is 1.22 bits per heavy atom. The zero-order chi connectivity index (χ0) is 16.6. The number of nitrogens with one attached hydrogen (secondary N) is 1. The van der Waals surface area contributed by atoms with E-state index in [-0.39, 0.29) is 15.6 Å². The van der Waals surface area contributed by atoms with Crippen LogP contribution < -0.4 is 10.5 Å². The lowest BCUT2D eigenvalue weighted by Crippen LogP contribution is -2.13. The summed E-state index contributed by atoms with van der Waals surface area (Å²) >= 11 is 5.93. The van der Waals surface area contributed by atoms with Crippen molar-refractivity contribution in [2.75, 3.05) is 4.72 Å². The number of rotatable bonds is 4. The zero-order valence-corrected chi connectivity index (χ0v) is 13.7. The van der Waals surface area contributed by atoms with Crippen LogP contribution in [-0.2, 0) is 16.6 Å². The van der Waals surface area contributed by atoms with Gasteiger partial charge in [-0.3, -0.25) is 9.29 Å². The number of anilines is 1. The number of oxazole rings is 1. The fourth-order valence-corrected chi connectivity index (χ4v) is 3.87. The van der Waals surface area contributed by atoms with E-state index in [9.17, 15) is 13.2 Å². The van der Waals surface area contributed by atoms with Crippen LogP contribution in [0.4, 0.5) is 5.69 Å². The second kappa shape index (κ2) is 5.75. The second-order valence-corrected chi connectivity index (χ2v) is 6.89. The highest BCUT2D eigenvalue weighted by Crippen LogP contribution is 2.25. The molecule has 0 amide bonds. The van der Waals surface area contributed by atoms with Gasteiger partial charge in [0.1, 0.15) is 4.90 Å². The fourth-order valence-electron chi connectivity index (χ4n) is 2.30. The maximum absolute atomic E-state index is 12.4. The number of hydrogen-bond acceptors (Lipinski definition) is 4. The average molecular weight is 353 g/mol. The lowest BCUT2D eigenvalue weighted by atomic mass is 10.3. The number of aromatic nitrogens is 1. The first-order chi connectivity index (χ1) is 10.9. The summed E-state index contributed by atoms with van der Waals surface area (Å²) < 4.78 is 33.8. The van der Waals surface area contributed by atoms with Crippen molar-refractivity contribution in [3.63, 3.8) is 0 Å². The van der Waals surface area contributed by atoms with Crippen LogP contribution in [-0.4, -0.2) is 13.0 Å². The molecule has 0 aliphatic heterocycles. The van der Waals surface area contributed by atoms with Crippen molar-refractivity contribution in [2.45, 2.75) is 18.4 Å². The van der Waals surface area contributed by atoms with Gasteiger partial charge >= 0.3 is 5.76 Å². The van der Waals surface area contributed by atoms with E-state index in [1.807, 2.05) is 6.92 Å². The molecule has 0 radical (unpaired) electrons. The summed E-state index contributed by atoms with van der Waals surface area (Å²) in [6, 6.07) is 10.8. The molecule has 120 valence electrons. The van der Waals surface area contributed by atoms with Gasteiger partial charge in [0, 0.05) is 12.6 Å². The molecular formula is C15H13ClN2O4S. The fraction of sp³-hybridized carbons (Fsp3) is 0.133. The van der Waals surface area contributed by atoms with Crippen molar-refractivity contribution in [3.8, 4) is 0 Å². The van der Waals surface area contributed by atoms with Crippen LogP contribution in [0.2, 0.25) is 5.02 Å². The highest BCUT2D eigenvalue weighted by atomic mass is 35.5. The molecule has 3 rings (SSSR count). The first kappa shape index (κ1) is 15.6. The maximum Gasteiger partial charge on any atom is 0.419 e. The minimum Gasteiger partial charge on any atom is -0.408 e. The largest absolute Gasteiger partial charge is 0.419 e. The van der Waals surface area contributed by atoms with Gasteiger partial charge in [0.05, 0.1) is 16.2 Å². The molecule has 0 aliphatic rings. The second-order valence-electron chi connectivity index (χ2n) is 4.83.